The lowest BCUT2D eigenvalue weighted by Crippen LogP contribution is -2.42. The first-order valence-electron chi connectivity index (χ1n) is 3.85. The van der Waals surface area contributed by atoms with Crippen LogP contribution in [0.25, 0.3) is 0 Å². The Balaban J connectivity index is 2.45. The number of hydrogen-bond donors (Lipinski definition) is 3. The summed E-state index contributed by atoms with van der Waals surface area (Å²) in [5.41, 5.74) is 0. The highest BCUT2D eigenvalue weighted by Gasteiger charge is 2.32. The molecule has 1 aliphatic heterocycles. The summed E-state index contributed by atoms with van der Waals surface area (Å²) < 4.78 is 0. The van der Waals surface area contributed by atoms with Crippen molar-refractivity contribution in [1.82, 2.24) is 5.32 Å². The quantitative estimate of drug-likeness (QED) is 0.413. The molecule has 0 aliphatic carbocycles. The molecule has 2 unspecified atom stereocenters. The standard InChI is InChI=1S/C7H15NOS/c1-2-7(9,10)6-4-3-5-8-6/h6,8-10H,2-5H2,1H3. The predicted octanol–water partition coefficient (Wildman–Crippen LogP) is 0.767. The molecule has 10 heavy (non-hydrogen) atoms. The van der Waals surface area contributed by atoms with E-state index >= 15 is 0 Å². The number of thiol groups is 1. The fourth-order valence-electron chi connectivity index (χ4n) is 1.33. The second kappa shape index (κ2) is 3.11. The van der Waals surface area contributed by atoms with Crippen LogP contribution >= 0.6 is 12.6 Å². The van der Waals surface area contributed by atoms with Gasteiger partial charge in [-0.05, 0) is 25.8 Å². The van der Waals surface area contributed by atoms with Gasteiger partial charge in [-0.1, -0.05) is 6.92 Å². The molecule has 0 bridgehead atoms. The third kappa shape index (κ3) is 1.65. The largest absolute Gasteiger partial charge is 0.378 e. The average molecular weight is 161 g/mol. The maximum Gasteiger partial charge on any atom is 0.122 e. The summed E-state index contributed by atoms with van der Waals surface area (Å²) >= 11 is 4.17. The predicted molar refractivity (Wildman–Crippen MR) is 45.3 cm³/mol. The number of rotatable bonds is 2. The highest BCUT2D eigenvalue weighted by molar-refractivity contribution is 7.81. The molecule has 1 heterocycles. The van der Waals surface area contributed by atoms with E-state index < -0.39 is 4.93 Å². The summed E-state index contributed by atoms with van der Waals surface area (Å²) in [4.78, 5) is -0.795. The lowest BCUT2D eigenvalue weighted by molar-refractivity contribution is 0.0977. The highest BCUT2D eigenvalue weighted by Crippen LogP contribution is 2.25. The van der Waals surface area contributed by atoms with Crippen molar-refractivity contribution in [3.63, 3.8) is 0 Å². The third-order valence-electron chi connectivity index (χ3n) is 2.14. The molecule has 1 rings (SSSR count). The van der Waals surface area contributed by atoms with Crippen LogP contribution in [0.2, 0.25) is 0 Å². The molecule has 60 valence electrons. The molecule has 2 N–H and O–H groups in total. The van der Waals surface area contributed by atoms with Gasteiger partial charge in [0.2, 0.25) is 0 Å². The number of nitrogens with one attached hydrogen (secondary N) is 1. The van der Waals surface area contributed by atoms with Gasteiger partial charge in [-0.2, -0.15) is 0 Å². The van der Waals surface area contributed by atoms with Gasteiger partial charge in [-0.3, -0.25) is 0 Å². The van der Waals surface area contributed by atoms with Gasteiger partial charge < -0.3 is 10.4 Å². The second-order valence-corrected chi connectivity index (χ2v) is 3.66. The Hall–Kier alpha value is 0.270. The molecule has 0 radical (unpaired) electrons. The van der Waals surface area contributed by atoms with Gasteiger partial charge in [0.1, 0.15) is 4.93 Å². The van der Waals surface area contributed by atoms with E-state index in [1.165, 1.54) is 0 Å². The minimum atomic E-state index is -0.795. The van der Waals surface area contributed by atoms with Gasteiger partial charge in [-0.25, -0.2) is 0 Å². The normalized spacial score (nSPS) is 32.1. The molecule has 2 nitrogen and oxygen atoms in total. The Morgan fingerprint density at radius 2 is 2.50 bits per heavy atom. The molecule has 0 spiro atoms. The van der Waals surface area contributed by atoms with Crippen LogP contribution in [0, 0.1) is 0 Å². The topological polar surface area (TPSA) is 32.3 Å². The SMILES string of the molecule is CCC(O)(S)C1CCCN1. The molecule has 0 aromatic rings. The summed E-state index contributed by atoms with van der Waals surface area (Å²) in [6.45, 7) is 2.97. The molecule has 1 aliphatic rings. The molecular formula is C7H15NOS. The Bertz CT molecular complexity index is 110. The minimum absolute atomic E-state index is 0.195. The van der Waals surface area contributed by atoms with Gasteiger partial charge in [0.15, 0.2) is 0 Å². The highest BCUT2D eigenvalue weighted by atomic mass is 32.1. The van der Waals surface area contributed by atoms with Gasteiger partial charge in [0.25, 0.3) is 0 Å². The van der Waals surface area contributed by atoms with E-state index in [1.54, 1.807) is 0 Å². The molecular weight excluding hydrogens is 146 g/mol. The van der Waals surface area contributed by atoms with Crippen molar-refractivity contribution in [3.8, 4) is 0 Å². The van der Waals surface area contributed by atoms with Crippen molar-refractivity contribution in [2.75, 3.05) is 6.54 Å². The minimum Gasteiger partial charge on any atom is -0.378 e. The van der Waals surface area contributed by atoms with E-state index in [0.717, 1.165) is 19.4 Å². The Labute approximate surface area is 67.4 Å². The van der Waals surface area contributed by atoms with Crippen LogP contribution in [0.4, 0.5) is 0 Å². The summed E-state index contributed by atoms with van der Waals surface area (Å²) in [7, 11) is 0. The second-order valence-electron chi connectivity index (χ2n) is 2.88. The first kappa shape index (κ1) is 8.37. The van der Waals surface area contributed by atoms with Crippen molar-refractivity contribution < 1.29 is 5.11 Å². The van der Waals surface area contributed by atoms with Crippen LogP contribution in [-0.4, -0.2) is 22.6 Å². The fourth-order valence-corrected chi connectivity index (χ4v) is 1.55. The summed E-state index contributed by atoms with van der Waals surface area (Å²) in [5, 5.41) is 12.8. The lowest BCUT2D eigenvalue weighted by Gasteiger charge is -2.27. The van der Waals surface area contributed by atoms with Crippen LogP contribution in [-0.2, 0) is 0 Å². The van der Waals surface area contributed by atoms with Gasteiger partial charge in [0.05, 0.1) is 0 Å². The van der Waals surface area contributed by atoms with Crippen LogP contribution in [0.5, 0.6) is 0 Å². The van der Waals surface area contributed by atoms with E-state index in [-0.39, 0.29) is 6.04 Å². The van der Waals surface area contributed by atoms with Crippen LogP contribution in [0.3, 0.4) is 0 Å². The lowest BCUT2D eigenvalue weighted by atomic mass is 10.1. The average Bonchev–Trinajstić information content (AvgIpc) is 2.38. The first-order valence-corrected chi connectivity index (χ1v) is 4.29. The molecule has 0 aromatic carbocycles. The van der Waals surface area contributed by atoms with Gasteiger partial charge >= 0.3 is 0 Å². The van der Waals surface area contributed by atoms with Crippen molar-refractivity contribution in [2.24, 2.45) is 0 Å². The zero-order chi connectivity index (χ0) is 7.61. The van der Waals surface area contributed by atoms with Crippen molar-refractivity contribution >= 4 is 12.6 Å². The third-order valence-corrected chi connectivity index (χ3v) is 2.77. The first-order chi connectivity index (χ1) is 4.67. The maximum absolute atomic E-state index is 9.62. The van der Waals surface area contributed by atoms with E-state index in [9.17, 15) is 5.11 Å². The van der Waals surface area contributed by atoms with Gasteiger partial charge in [0, 0.05) is 6.04 Å². The van der Waals surface area contributed by atoms with Crippen molar-refractivity contribution in [2.45, 2.75) is 37.2 Å². The zero-order valence-electron chi connectivity index (χ0n) is 6.30. The number of aliphatic hydroxyl groups is 1. The monoisotopic (exact) mass is 161 g/mol. The number of hydrogen-bond acceptors (Lipinski definition) is 3. The summed E-state index contributed by atoms with van der Waals surface area (Å²) in [6.07, 6.45) is 2.91. The van der Waals surface area contributed by atoms with Crippen LogP contribution < -0.4 is 5.32 Å². The molecule has 0 amide bonds. The molecule has 0 saturated carbocycles. The van der Waals surface area contributed by atoms with Crippen molar-refractivity contribution in [3.05, 3.63) is 0 Å². The molecule has 0 aromatic heterocycles. The summed E-state index contributed by atoms with van der Waals surface area (Å²) in [6, 6.07) is 0.195. The molecule has 1 saturated heterocycles. The fraction of sp³-hybridized carbons (Fsp3) is 1.00. The van der Waals surface area contributed by atoms with E-state index in [4.69, 9.17) is 0 Å². The molecule has 3 heteroatoms. The maximum atomic E-state index is 9.62. The Morgan fingerprint density at radius 3 is 2.90 bits per heavy atom. The van der Waals surface area contributed by atoms with E-state index in [2.05, 4.69) is 17.9 Å². The smallest absolute Gasteiger partial charge is 0.122 e. The van der Waals surface area contributed by atoms with Crippen molar-refractivity contribution in [1.29, 1.82) is 0 Å². The van der Waals surface area contributed by atoms with Gasteiger partial charge in [-0.15, -0.1) is 12.6 Å². The van der Waals surface area contributed by atoms with Crippen LogP contribution in [0.1, 0.15) is 26.2 Å². The van der Waals surface area contributed by atoms with E-state index in [1.807, 2.05) is 6.92 Å². The Morgan fingerprint density at radius 1 is 1.80 bits per heavy atom. The zero-order valence-corrected chi connectivity index (χ0v) is 7.19. The molecule has 1 fully saturated rings. The summed E-state index contributed by atoms with van der Waals surface area (Å²) in [5.74, 6) is 0. The molecule has 2 atom stereocenters. The Kier molecular flexibility index (Phi) is 2.61. The van der Waals surface area contributed by atoms with E-state index in [0.29, 0.717) is 6.42 Å². The van der Waals surface area contributed by atoms with Crippen LogP contribution in [0.15, 0.2) is 0 Å².